The number of rotatable bonds is 8. The van der Waals surface area contributed by atoms with Crippen LogP contribution < -0.4 is 5.32 Å². The Labute approximate surface area is 158 Å². The largest absolute Gasteiger partial charge is 0.352 e. The SMILES string of the molecule is CCN(CC)S(=O)(=O)c1cc(C(=O)NCCc2ccc(F)cc2)ccc1F. The Morgan fingerprint density at radius 2 is 1.67 bits per heavy atom. The summed E-state index contributed by atoms with van der Waals surface area (Å²) in [5, 5.41) is 2.65. The van der Waals surface area contributed by atoms with Gasteiger partial charge in [0.1, 0.15) is 16.5 Å². The van der Waals surface area contributed by atoms with E-state index in [-0.39, 0.29) is 31.0 Å². The summed E-state index contributed by atoms with van der Waals surface area (Å²) in [6.45, 7) is 3.99. The van der Waals surface area contributed by atoms with Gasteiger partial charge in [-0.3, -0.25) is 4.79 Å². The highest BCUT2D eigenvalue weighted by Crippen LogP contribution is 2.20. The zero-order valence-corrected chi connectivity index (χ0v) is 16.0. The number of benzene rings is 2. The Hall–Kier alpha value is -2.32. The number of hydrogen-bond acceptors (Lipinski definition) is 3. The maximum atomic E-state index is 14.1. The van der Waals surface area contributed by atoms with Crippen LogP contribution in [0.25, 0.3) is 0 Å². The van der Waals surface area contributed by atoms with Crippen LogP contribution in [0.15, 0.2) is 47.4 Å². The summed E-state index contributed by atoms with van der Waals surface area (Å²) in [5.41, 5.74) is 0.904. The molecule has 0 heterocycles. The minimum Gasteiger partial charge on any atom is -0.352 e. The molecule has 5 nitrogen and oxygen atoms in total. The Morgan fingerprint density at radius 3 is 2.26 bits per heavy atom. The fourth-order valence-electron chi connectivity index (χ4n) is 2.62. The van der Waals surface area contributed by atoms with E-state index < -0.39 is 26.6 Å². The van der Waals surface area contributed by atoms with Gasteiger partial charge in [0, 0.05) is 25.2 Å². The zero-order valence-electron chi connectivity index (χ0n) is 15.2. The molecule has 146 valence electrons. The molecule has 1 N–H and O–H groups in total. The van der Waals surface area contributed by atoms with Gasteiger partial charge in [0.2, 0.25) is 10.0 Å². The maximum absolute atomic E-state index is 14.1. The van der Waals surface area contributed by atoms with Crippen LogP contribution in [-0.4, -0.2) is 38.3 Å². The lowest BCUT2D eigenvalue weighted by atomic mass is 10.1. The molecule has 0 aliphatic carbocycles. The quantitative estimate of drug-likeness (QED) is 0.746. The third kappa shape index (κ3) is 5.11. The standard InChI is InChI=1S/C19H22F2N2O3S/c1-3-23(4-2)27(25,26)18-13-15(7-10-17(18)21)19(24)22-12-11-14-5-8-16(20)9-6-14/h5-10,13H,3-4,11-12H2,1-2H3,(H,22,24). The first kappa shape index (κ1) is 21.0. The molecule has 2 aromatic rings. The normalized spacial score (nSPS) is 11.6. The number of carbonyl (C=O) groups excluding carboxylic acids is 1. The van der Waals surface area contributed by atoms with Gasteiger partial charge < -0.3 is 5.32 Å². The average molecular weight is 396 g/mol. The number of carbonyl (C=O) groups is 1. The van der Waals surface area contributed by atoms with E-state index in [1.807, 2.05) is 0 Å². The molecule has 0 saturated carbocycles. The number of nitrogens with one attached hydrogen (secondary N) is 1. The number of hydrogen-bond donors (Lipinski definition) is 1. The van der Waals surface area contributed by atoms with E-state index >= 15 is 0 Å². The molecule has 0 unspecified atom stereocenters. The lowest BCUT2D eigenvalue weighted by Gasteiger charge is -2.19. The summed E-state index contributed by atoms with van der Waals surface area (Å²) in [7, 11) is -4.01. The predicted octanol–water partition coefficient (Wildman–Crippen LogP) is 2.97. The molecular weight excluding hydrogens is 374 g/mol. The van der Waals surface area contributed by atoms with Crippen molar-refractivity contribution in [3.8, 4) is 0 Å². The molecule has 0 saturated heterocycles. The smallest absolute Gasteiger partial charge is 0.251 e. The minimum absolute atomic E-state index is 0.0567. The number of sulfonamides is 1. The van der Waals surface area contributed by atoms with Gasteiger partial charge in [-0.1, -0.05) is 26.0 Å². The molecule has 1 amide bonds. The minimum atomic E-state index is -4.01. The molecule has 0 atom stereocenters. The summed E-state index contributed by atoms with van der Waals surface area (Å²) in [6.07, 6.45) is 0.484. The molecule has 0 bridgehead atoms. The van der Waals surface area contributed by atoms with Gasteiger partial charge in [0.25, 0.3) is 5.91 Å². The molecule has 2 rings (SSSR count). The van der Waals surface area contributed by atoms with Crippen molar-refractivity contribution in [3.05, 3.63) is 65.2 Å². The van der Waals surface area contributed by atoms with E-state index in [0.29, 0.717) is 6.42 Å². The maximum Gasteiger partial charge on any atom is 0.251 e. The fraction of sp³-hybridized carbons (Fsp3) is 0.316. The first-order valence-corrected chi connectivity index (χ1v) is 10.1. The molecule has 8 heteroatoms. The van der Waals surface area contributed by atoms with Crippen molar-refractivity contribution < 1.29 is 22.0 Å². The second-order valence-electron chi connectivity index (χ2n) is 5.87. The van der Waals surface area contributed by atoms with Gasteiger partial charge in [0.05, 0.1) is 0 Å². The van der Waals surface area contributed by atoms with Gasteiger partial charge in [-0.05, 0) is 42.3 Å². The van der Waals surface area contributed by atoms with E-state index in [1.54, 1.807) is 26.0 Å². The Bertz CT molecular complexity index is 896. The summed E-state index contributed by atoms with van der Waals surface area (Å²) in [4.78, 5) is 11.8. The third-order valence-electron chi connectivity index (χ3n) is 4.13. The highest BCUT2D eigenvalue weighted by Gasteiger charge is 2.26. The Balaban J connectivity index is 2.12. The lowest BCUT2D eigenvalue weighted by Crippen LogP contribution is -2.32. The van der Waals surface area contributed by atoms with Crippen LogP contribution in [0.1, 0.15) is 29.8 Å². The van der Waals surface area contributed by atoms with Crippen molar-refractivity contribution in [1.29, 1.82) is 0 Å². The van der Waals surface area contributed by atoms with Crippen molar-refractivity contribution in [3.63, 3.8) is 0 Å². The van der Waals surface area contributed by atoms with Gasteiger partial charge in [-0.15, -0.1) is 0 Å². The van der Waals surface area contributed by atoms with E-state index in [0.717, 1.165) is 22.0 Å². The zero-order chi connectivity index (χ0) is 20.0. The molecule has 0 aliphatic rings. The topological polar surface area (TPSA) is 66.5 Å². The molecule has 0 aromatic heterocycles. The first-order valence-electron chi connectivity index (χ1n) is 8.62. The second kappa shape index (κ2) is 9.05. The summed E-state index contributed by atoms with van der Waals surface area (Å²) in [6, 6.07) is 9.18. The highest BCUT2D eigenvalue weighted by atomic mass is 32.2. The third-order valence-corrected chi connectivity index (χ3v) is 6.19. The van der Waals surface area contributed by atoms with Crippen molar-refractivity contribution in [1.82, 2.24) is 9.62 Å². The van der Waals surface area contributed by atoms with E-state index in [9.17, 15) is 22.0 Å². The predicted molar refractivity (Wildman–Crippen MR) is 98.9 cm³/mol. The molecule has 0 radical (unpaired) electrons. The van der Waals surface area contributed by atoms with Crippen molar-refractivity contribution >= 4 is 15.9 Å². The van der Waals surface area contributed by atoms with Crippen LogP contribution in [0, 0.1) is 11.6 Å². The first-order chi connectivity index (χ1) is 12.8. The van der Waals surface area contributed by atoms with Gasteiger partial charge >= 0.3 is 0 Å². The van der Waals surface area contributed by atoms with E-state index in [2.05, 4.69) is 5.32 Å². The van der Waals surface area contributed by atoms with Crippen molar-refractivity contribution in [2.75, 3.05) is 19.6 Å². The fourth-order valence-corrected chi connectivity index (χ4v) is 4.17. The molecular formula is C19H22F2N2O3S. The van der Waals surface area contributed by atoms with Crippen LogP contribution in [0.4, 0.5) is 8.78 Å². The van der Waals surface area contributed by atoms with Crippen LogP contribution in [0.3, 0.4) is 0 Å². The van der Waals surface area contributed by atoms with Crippen LogP contribution in [0.5, 0.6) is 0 Å². The molecule has 2 aromatic carbocycles. The van der Waals surface area contributed by atoms with Crippen molar-refractivity contribution in [2.45, 2.75) is 25.2 Å². The van der Waals surface area contributed by atoms with Crippen LogP contribution in [-0.2, 0) is 16.4 Å². The van der Waals surface area contributed by atoms with Gasteiger partial charge in [-0.25, -0.2) is 17.2 Å². The second-order valence-corrected chi connectivity index (χ2v) is 7.77. The van der Waals surface area contributed by atoms with Gasteiger partial charge in [0.15, 0.2) is 0 Å². The van der Waals surface area contributed by atoms with Gasteiger partial charge in [-0.2, -0.15) is 4.31 Å². The van der Waals surface area contributed by atoms with Crippen molar-refractivity contribution in [2.24, 2.45) is 0 Å². The van der Waals surface area contributed by atoms with Crippen LogP contribution >= 0.6 is 0 Å². The lowest BCUT2D eigenvalue weighted by molar-refractivity contribution is 0.0954. The summed E-state index contributed by atoms with van der Waals surface area (Å²) < 4.78 is 53.2. The Morgan fingerprint density at radius 1 is 1.04 bits per heavy atom. The average Bonchev–Trinajstić information content (AvgIpc) is 2.64. The molecule has 0 aliphatic heterocycles. The monoisotopic (exact) mass is 396 g/mol. The summed E-state index contributed by atoms with van der Waals surface area (Å²) in [5.74, 6) is -1.74. The number of nitrogens with zero attached hydrogens (tertiary/aromatic N) is 1. The highest BCUT2D eigenvalue weighted by molar-refractivity contribution is 7.89. The number of amides is 1. The molecule has 27 heavy (non-hydrogen) atoms. The van der Waals surface area contributed by atoms with E-state index in [1.165, 1.54) is 18.2 Å². The van der Waals surface area contributed by atoms with E-state index in [4.69, 9.17) is 0 Å². The Kier molecular flexibility index (Phi) is 7.04. The molecule has 0 spiro atoms. The molecule has 0 fully saturated rings. The summed E-state index contributed by atoms with van der Waals surface area (Å²) >= 11 is 0. The number of halogens is 2. The van der Waals surface area contributed by atoms with Crippen LogP contribution in [0.2, 0.25) is 0 Å².